The molecule has 5 heterocycles. The number of hydrazine groups is 1. The minimum absolute atomic E-state index is 0.0460. The fourth-order valence-corrected chi connectivity index (χ4v) is 6.17. The van der Waals surface area contributed by atoms with Crippen LogP contribution in [0.3, 0.4) is 0 Å². The van der Waals surface area contributed by atoms with Crippen molar-refractivity contribution < 1.29 is 13.9 Å². The fourth-order valence-electron chi connectivity index (χ4n) is 6.17. The maximum absolute atomic E-state index is 13.7. The highest BCUT2D eigenvalue weighted by atomic mass is 19.1. The van der Waals surface area contributed by atoms with Crippen LogP contribution in [0, 0.1) is 5.92 Å². The Labute approximate surface area is 189 Å². The SMILES string of the molecule is NC1NN2CC(F)CNC2C1C(=O)NC1CNCCC1N1CCN(C2CCOCC2)CC1. The summed E-state index contributed by atoms with van der Waals surface area (Å²) in [6, 6.07) is 1.03. The van der Waals surface area contributed by atoms with E-state index in [0.29, 0.717) is 12.1 Å². The molecule has 0 radical (unpaired) electrons. The van der Waals surface area contributed by atoms with Gasteiger partial charge >= 0.3 is 0 Å². The summed E-state index contributed by atoms with van der Waals surface area (Å²) in [5.74, 6) is -0.503. The number of carbonyl (C=O) groups is 1. The Morgan fingerprint density at radius 3 is 2.59 bits per heavy atom. The molecule has 6 unspecified atom stereocenters. The van der Waals surface area contributed by atoms with E-state index in [4.69, 9.17) is 10.5 Å². The predicted molar refractivity (Wildman–Crippen MR) is 118 cm³/mol. The molecular weight excluding hydrogens is 415 g/mol. The van der Waals surface area contributed by atoms with Gasteiger partial charge in [0.2, 0.25) is 5.91 Å². The number of nitrogens with one attached hydrogen (secondary N) is 4. The Kier molecular flexibility index (Phi) is 7.24. The number of amides is 1. The summed E-state index contributed by atoms with van der Waals surface area (Å²) >= 11 is 0. The van der Waals surface area contributed by atoms with E-state index < -0.39 is 18.3 Å². The van der Waals surface area contributed by atoms with Crippen LogP contribution in [0.4, 0.5) is 4.39 Å². The highest BCUT2D eigenvalue weighted by molar-refractivity contribution is 5.81. The van der Waals surface area contributed by atoms with Crippen LogP contribution in [0.1, 0.15) is 19.3 Å². The molecule has 32 heavy (non-hydrogen) atoms. The summed E-state index contributed by atoms with van der Waals surface area (Å²) in [6.07, 6.45) is 1.55. The van der Waals surface area contributed by atoms with Gasteiger partial charge in [0.15, 0.2) is 0 Å². The van der Waals surface area contributed by atoms with E-state index >= 15 is 0 Å². The fraction of sp³-hybridized carbons (Fsp3) is 0.952. The average Bonchev–Trinajstić information content (AvgIpc) is 3.15. The summed E-state index contributed by atoms with van der Waals surface area (Å²) in [4.78, 5) is 18.5. The molecule has 0 aromatic carbocycles. The molecule has 0 aliphatic carbocycles. The van der Waals surface area contributed by atoms with Crippen molar-refractivity contribution in [2.24, 2.45) is 11.7 Å². The molecule has 1 amide bonds. The molecule has 0 bridgehead atoms. The van der Waals surface area contributed by atoms with Crippen molar-refractivity contribution in [3.05, 3.63) is 0 Å². The van der Waals surface area contributed by atoms with Crippen LogP contribution in [0.5, 0.6) is 0 Å². The highest BCUT2D eigenvalue weighted by Gasteiger charge is 2.48. The summed E-state index contributed by atoms with van der Waals surface area (Å²) in [5.41, 5.74) is 9.31. The molecule has 5 aliphatic heterocycles. The van der Waals surface area contributed by atoms with E-state index in [1.807, 2.05) is 0 Å². The first kappa shape index (κ1) is 22.9. The smallest absolute Gasteiger partial charge is 0.229 e. The molecule has 11 heteroatoms. The molecule has 5 fully saturated rings. The van der Waals surface area contributed by atoms with Crippen molar-refractivity contribution in [3.8, 4) is 0 Å². The number of carbonyl (C=O) groups excluding carboxylic acids is 1. The molecular formula is C21H39FN8O2. The number of piperidine rings is 1. The van der Waals surface area contributed by atoms with Gasteiger partial charge in [-0.05, 0) is 25.8 Å². The molecule has 182 valence electrons. The zero-order valence-electron chi connectivity index (χ0n) is 18.8. The Balaban J connectivity index is 1.17. The highest BCUT2D eigenvalue weighted by Crippen LogP contribution is 2.24. The van der Waals surface area contributed by atoms with E-state index in [1.54, 1.807) is 5.01 Å². The Morgan fingerprint density at radius 1 is 1.06 bits per heavy atom. The minimum Gasteiger partial charge on any atom is -0.381 e. The second-order valence-corrected chi connectivity index (χ2v) is 9.87. The van der Waals surface area contributed by atoms with Crippen molar-refractivity contribution in [2.75, 3.05) is 65.6 Å². The zero-order valence-corrected chi connectivity index (χ0v) is 18.8. The lowest BCUT2D eigenvalue weighted by Gasteiger charge is -2.46. The van der Waals surface area contributed by atoms with Crippen molar-refractivity contribution in [1.82, 2.24) is 36.2 Å². The van der Waals surface area contributed by atoms with Crippen LogP contribution in [-0.4, -0.2) is 123 Å². The van der Waals surface area contributed by atoms with Gasteiger partial charge in [-0.25, -0.2) is 14.8 Å². The van der Waals surface area contributed by atoms with Crippen LogP contribution >= 0.6 is 0 Å². The normalized spacial score (nSPS) is 40.8. The largest absolute Gasteiger partial charge is 0.381 e. The van der Waals surface area contributed by atoms with Gasteiger partial charge in [0.05, 0.1) is 24.3 Å². The number of rotatable bonds is 4. The van der Waals surface area contributed by atoms with Crippen LogP contribution in [0.2, 0.25) is 0 Å². The summed E-state index contributed by atoms with van der Waals surface area (Å²) in [6.45, 7) is 8.23. The third-order valence-corrected chi connectivity index (χ3v) is 7.92. The lowest BCUT2D eigenvalue weighted by atomic mass is 9.95. The molecule has 0 saturated carbocycles. The van der Waals surface area contributed by atoms with Gasteiger partial charge in [-0.15, -0.1) is 0 Å². The number of halogens is 1. The molecule has 0 aromatic heterocycles. The topological polar surface area (TPSA) is 110 Å². The minimum atomic E-state index is -0.959. The third-order valence-electron chi connectivity index (χ3n) is 7.92. The molecule has 0 spiro atoms. The first-order chi connectivity index (χ1) is 15.6. The average molecular weight is 455 g/mol. The summed E-state index contributed by atoms with van der Waals surface area (Å²) < 4.78 is 19.3. The zero-order chi connectivity index (χ0) is 22.1. The lowest BCUT2D eigenvalue weighted by Crippen LogP contribution is -2.65. The molecule has 5 aliphatic rings. The second kappa shape index (κ2) is 10.1. The number of piperazine rings is 1. The number of hydrogen-bond donors (Lipinski definition) is 5. The van der Waals surface area contributed by atoms with Crippen LogP contribution in [-0.2, 0) is 9.53 Å². The maximum Gasteiger partial charge on any atom is 0.229 e. The molecule has 5 rings (SSSR count). The van der Waals surface area contributed by atoms with Gasteiger partial charge in [0, 0.05) is 71.1 Å². The van der Waals surface area contributed by atoms with Crippen molar-refractivity contribution >= 4 is 5.91 Å². The van der Waals surface area contributed by atoms with Gasteiger partial charge in [-0.1, -0.05) is 0 Å². The van der Waals surface area contributed by atoms with Gasteiger partial charge in [0.25, 0.3) is 0 Å². The number of ether oxygens (including phenoxy) is 1. The Morgan fingerprint density at radius 2 is 1.81 bits per heavy atom. The summed E-state index contributed by atoms with van der Waals surface area (Å²) in [5, 5.41) is 11.6. The molecule has 6 N–H and O–H groups in total. The lowest BCUT2D eigenvalue weighted by molar-refractivity contribution is -0.128. The number of nitrogens with two attached hydrogens (primary N) is 1. The first-order valence-electron chi connectivity index (χ1n) is 12.3. The van der Waals surface area contributed by atoms with Crippen molar-refractivity contribution in [2.45, 2.75) is 55.9 Å². The third kappa shape index (κ3) is 4.80. The number of hydrogen-bond acceptors (Lipinski definition) is 9. The second-order valence-electron chi connectivity index (χ2n) is 9.87. The molecule has 0 aromatic rings. The summed E-state index contributed by atoms with van der Waals surface area (Å²) in [7, 11) is 0. The first-order valence-corrected chi connectivity index (χ1v) is 12.3. The van der Waals surface area contributed by atoms with E-state index in [9.17, 15) is 9.18 Å². The maximum atomic E-state index is 13.7. The van der Waals surface area contributed by atoms with Crippen LogP contribution in [0.25, 0.3) is 0 Å². The van der Waals surface area contributed by atoms with E-state index in [0.717, 1.165) is 71.7 Å². The molecule has 5 saturated heterocycles. The van der Waals surface area contributed by atoms with E-state index in [-0.39, 0.29) is 31.2 Å². The van der Waals surface area contributed by atoms with Gasteiger partial charge in [-0.3, -0.25) is 19.9 Å². The number of fused-ring (bicyclic) bond motifs is 1. The standard InChI is InChI=1S/C21H39FN8O2/c22-14-11-25-20-18(19(23)27-30(20)13-14)21(31)26-16-12-24-4-1-17(16)29-7-5-28(6-8-29)15-2-9-32-10-3-15/h14-20,24-25,27H,1-13,23H2,(H,26,31). The van der Waals surface area contributed by atoms with Gasteiger partial charge in [-0.2, -0.15) is 0 Å². The number of alkyl halides is 1. The van der Waals surface area contributed by atoms with Gasteiger partial charge in [0.1, 0.15) is 6.17 Å². The van der Waals surface area contributed by atoms with Crippen molar-refractivity contribution in [3.63, 3.8) is 0 Å². The van der Waals surface area contributed by atoms with Crippen molar-refractivity contribution in [1.29, 1.82) is 0 Å². The van der Waals surface area contributed by atoms with Crippen LogP contribution in [0.15, 0.2) is 0 Å². The monoisotopic (exact) mass is 454 g/mol. The van der Waals surface area contributed by atoms with E-state index in [1.165, 1.54) is 0 Å². The predicted octanol–water partition coefficient (Wildman–Crippen LogP) is -2.38. The van der Waals surface area contributed by atoms with E-state index in [2.05, 4.69) is 31.2 Å². The quantitative estimate of drug-likeness (QED) is 0.318. The van der Waals surface area contributed by atoms with Crippen LogP contribution < -0.4 is 27.1 Å². The Bertz CT molecular complexity index is 645. The Hall–Kier alpha value is -0.920. The molecule has 6 atom stereocenters. The molecule has 10 nitrogen and oxygen atoms in total. The van der Waals surface area contributed by atoms with Gasteiger partial charge < -0.3 is 21.1 Å². The number of nitrogens with zero attached hydrogens (tertiary/aromatic N) is 3.